The Bertz CT molecular complexity index is 5940. The molecule has 5 aromatic carbocycles. The van der Waals surface area contributed by atoms with E-state index in [-0.39, 0.29) is 58.0 Å². The van der Waals surface area contributed by atoms with Gasteiger partial charge in [0.05, 0.1) is 57.9 Å². The van der Waals surface area contributed by atoms with Gasteiger partial charge in [-0.25, -0.2) is 27.7 Å². The molecule has 113 heavy (non-hydrogen) atoms. The quantitative estimate of drug-likeness (QED) is 0.0362. The minimum atomic E-state index is -3.13. The summed E-state index contributed by atoms with van der Waals surface area (Å²) >= 11 is 23.7. The molecule has 9 N–H and O–H groups in total. The molecule has 23 nitrogen and oxygen atoms in total. The van der Waals surface area contributed by atoms with Gasteiger partial charge in [-0.1, -0.05) is 137 Å². The molecule has 10 heterocycles. The van der Waals surface area contributed by atoms with Gasteiger partial charge in [0.15, 0.2) is 5.78 Å². The summed E-state index contributed by atoms with van der Waals surface area (Å²) in [6.45, 7) is 4.93. The Balaban J connectivity index is 0.000000117. The number of rotatable bonds is 18. The molecule has 14 aromatic rings. The van der Waals surface area contributed by atoms with Crippen LogP contribution in [0.3, 0.4) is 0 Å². The van der Waals surface area contributed by atoms with E-state index in [1.165, 1.54) is 16.1 Å². The number of Topliss-reactive ketones (excluding diaryl/α,β-unsaturated/α-hetero) is 1. The number of ketones is 1. The summed E-state index contributed by atoms with van der Waals surface area (Å²) in [7, 11) is 0.356. The topological polar surface area (TPSA) is 316 Å². The molecule has 0 radical (unpaired) electrons. The van der Waals surface area contributed by atoms with Crippen molar-refractivity contribution >= 4 is 141 Å². The number of nitrogens with one attached hydrogen (secondary N) is 9. The van der Waals surface area contributed by atoms with Crippen molar-refractivity contribution in [2.24, 2.45) is 13.0 Å². The number of nitrogens with zero attached hydrogens (tertiary/aromatic N) is 6. The van der Waals surface area contributed by atoms with Crippen molar-refractivity contribution in [3.63, 3.8) is 0 Å². The van der Waals surface area contributed by atoms with Crippen LogP contribution in [-0.4, -0.2) is 124 Å². The number of aromatic nitrogens is 10. The van der Waals surface area contributed by atoms with Gasteiger partial charge in [-0.3, -0.25) is 28.7 Å². The molecular formula is C85H83Cl4N15O8S. The summed E-state index contributed by atoms with van der Waals surface area (Å²) in [6.07, 6.45) is 17.7. The zero-order chi connectivity index (χ0) is 79.3. The number of ether oxygens (including phenoxy) is 1. The molecule has 4 fully saturated rings. The number of fused-ring (bicyclic) bond motifs is 5. The third-order valence-corrected chi connectivity index (χ3v) is 23.4. The van der Waals surface area contributed by atoms with Crippen LogP contribution < -0.4 is 26.0 Å². The number of piperidine rings is 1. The second-order valence-corrected chi connectivity index (χ2v) is 33.0. The molecule has 2 atom stereocenters. The van der Waals surface area contributed by atoms with Gasteiger partial charge in [0.1, 0.15) is 45.5 Å². The van der Waals surface area contributed by atoms with Gasteiger partial charge in [0.25, 0.3) is 23.6 Å². The Morgan fingerprint density at radius 2 is 0.982 bits per heavy atom. The van der Waals surface area contributed by atoms with Crippen LogP contribution in [0.25, 0.3) is 54.9 Å². The van der Waals surface area contributed by atoms with Crippen LogP contribution in [0.1, 0.15) is 158 Å². The first kappa shape index (κ1) is 78.6. The molecular weight excluding hydrogens is 1530 g/mol. The van der Waals surface area contributed by atoms with Crippen molar-refractivity contribution in [1.82, 2.24) is 75.2 Å². The summed E-state index contributed by atoms with van der Waals surface area (Å²) in [5, 5.41) is 23.0. The molecule has 3 saturated carbocycles. The number of aryl methyl sites for hydroxylation is 1. The minimum absolute atomic E-state index is 0.0489. The lowest BCUT2D eigenvalue weighted by Gasteiger charge is -2.35. The molecule has 28 heteroatoms. The predicted octanol–water partition coefficient (Wildman–Crippen LogP) is 17.0. The molecule has 1 aliphatic heterocycles. The second-order valence-electron chi connectivity index (χ2n) is 29.3. The maximum Gasteiger partial charge on any atom is 0.268 e. The van der Waals surface area contributed by atoms with Crippen molar-refractivity contribution < 1.29 is 37.1 Å². The Labute approximate surface area is 671 Å². The second kappa shape index (κ2) is 33.3. The van der Waals surface area contributed by atoms with E-state index in [2.05, 4.69) is 103 Å². The zero-order valence-electron chi connectivity index (χ0n) is 62.5. The number of carbonyl (C=O) groups excluding carboxylic acids is 5. The number of pyridine rings is 3. The number of hydrogen-bond donors (Lipinski definition) is 9. The van der Waals surface area contributed by atoms with E-state index in [1.807, 2.05) is 124 Å². The fourth-order valence-electron chi connectivity index (χ4n) is 14.4. The number of methoxy groups -OCH3 is 1. The smallest absolute Gasteiger partial charge is 0.268 e. The van der Waals surface area contributed by atoms with Gasteiger partial charge in [-0.15, -0.1) is 0 Å². The molecule has 18 rings (SSSR count). The van der Waals surface area contributed by atoms with Crippen LogP contribution in [0.2, 0.25) is 20.1 Å². The maximum absolute atomic E-state index is 12.7. The van der Waals surface area contributed by atoms with E-state index in [0.29, 0.717) is 90.9 Å². The fourth-order valence-corrected chi connectivity index (χ4v) is 16.0. The van der Waals surface area contributed by atoms with Crippen molar-refractivity contribution in [3.05, 3.63) is 278 Å². The highest BCUT2D eigenvalue weighted by Gasteiger charge is 2.52. The van der Waals surface area contributed by atoms with Gasteiger partial charge in [-0.2, -0.15) is 5.10 Å². The van der Waals surface area contributed by atoms with Gasteiger partial charge in [0, 0.05) is 117 Å². The Hall–Kier alpha value is -11.1. The summed E-state index contributed by atoms with van der Waals surface area (Å²) < 4.78 is 31.8. The van der Waals surface area contributed by atoms with Crippen molar-refractivity contribution in [1.29, 1.82) is 0 Å². The lowest BCUT2D eigenvalue weighted by molar-refractivity contribution is 0.0888. The van der Waals surface area contributed by atoms with E-state index in [9.17, 15) is 32.4 Å². The first-order chi connectivity index (χ1) is 54.3. The summed E-state index contributed by atoms with van der Waals surface area (Å²) in [5.74, 6) is 0.711. The molecule has 1 saturated heterocycles. The normalized spacial score (nSPS) is 15.7. The molecule has 9 aromatic heterocycles. The molecule has 4 amide bonds. The Kier molecular flexibility index (Phi) is 23.1. The summed E-state index contributed by atoms with van der Waals surface area (Å²) in [5.41, 5.74) is 10.5. The SMILES string of the molecule is CC(NC(=O)c1cc2cc(Cl)cnc2[nH]1)c1cnn(C)c1.COc1ccc2cc(C(=O)CC3(c4ccccc4)CC3)[nH]c2c1.CS(=O)(=O)N1CCC(C2(NC(=O)c3cc4cc(Cl)ccc4[nH]3)CC2)CC1.C[C@@H](NC(=O)c1cc2cc(Cl)cnc2[nH]1)c1ccccc1.O=C(NC1(c2ccccc2)CC1)c1cc2cc(Cl)cnc2[nH]1. The van der Waals surface area contributed by atoms with Crippen LogP contribution in [-0.2, 0) is 28.0 Å². The maximum atomic E-state index is 12.7. The average molecular weight is 1620 g/mol. The average Bonchev–Trinajstić information content (AvgIpc) is 1.61. The van der Waals surface area contributed by atoms with Crippen LogP contribution in [0, 0.1) is 5.92 Å². The summed E-state index contributed by atoms with van der Waals surface area (Å²) in [6, 6.07) is 55.8. The fraction of sp³-hybridized carbons (Fsp3) is 0.259. The van der Waals surface area contributed by atoms with Gasteiger partial charge >= 0.3 is 0 Å². The molecule has 580 valence electrons. The van der Waals surface area contributed by atoms with E-state index < -0.39 is 10.0 Å². The van der Waals surface area contributed by atoms with Gasteiger partial charge < -0.3 is 50.9 Å². The number of benzene rings is 5. The number of H-pyrrole nitrogens is 5. The van der Waals surface area contributed by atoms with Gasteiger partial charge in [-0.05, 0) is 167 Å². The lowest BCUT2D eigenvalue weighted by Crippen LogP contribution is -2.48. The number of carbonyl (C=O) groups is 5. The molecule has 3 aliphatic carbocycles. The lowest BCUT2D eigenvalue weighted by atomic mass is 9.88. The van der Waals surface area contributed by atoms with Crippen LogP contribution >= 0.6 is 46.4 Å². The summed E-state index contributed by atoms with van der Waals surface area (Å²) in [4.78, 5) is 90.4. The number of sulfonamides is 1. The number of hydrogen-bond acceptors (Lipinski definition) is 12. The van der Waals surface area contributed by atoms with E-state index in [0.717, 1.165) is 112 Å². The van der Waals surface area contributed by atoms with Crippen molar-refractivity contribution in [3.8, 4) is 5.75 Å². The third kappa shape index (κ3) is 18.8. The predicted molar refractivity (Wildman–Crippen MR) is 443 cm³/mol. The van der Waals surface area contributed by atoms with Gasteiger partial charge in [0.2, 0.25) is 10.0 Å². The first-order valence-electron chi connectivity index (χ1n) is 37.1. The monoisotopic (exact) mass is 1610 g/mol. The zero-order valence-corrected chi connectivity index (χ0v) is 66.3. The molecule has 4 aliphatic rings. The number of amides is 4. The van der Waals surface area contributed by atoms with Crippen LogP contribution in [0.15, 0.2) is 207 Å². The molecule has 0 spiro atoms. The van der Waals surface area contributed by atoms with E-state index >= 15 is 0 Å². The number of halogens is 4. The Morgan fingerprint density at radius 1 is 0.504 bits per heavy atom. The molecule has 1 unspecified atom stereocenters. The van der Waals surface area contributed by atoms with E-state index in [1.54, 1.807) is 79.0 Å². The number of aromatic amines is 5. The third-order valence-electron chi connectivity index (χ3n) is 21.2. The van der Waals surface area contributed by atoms with Crippen LogP contribution in [0.4, 0.5) is 0 Å². The largest absolute Gasteiger partial charge is 0.497 e. The van der Waals surface area contributed by atoms with Crippen molar-refractivity contribution in [2.75, 3.05) is 26.5 Å². The Morgan fingerprint density at radius 3 is 1.49 bits per heavy atom. The van der Waals surface area contributed by atoms with Crippen LogP contribution in [0.5, 0.6) is 5.75 Å². The first-order valence-corrected chi connectivity index (χ1v) is 40.4. The van der Waals surface area contributed by atoms with E-state index in [4.69, 9.17) is 51.1 Å². The highest BCUT2D eigenvalue weighted by Crippen LogP contribution is 2.52. The standard InChI is InChI=1S/C20H19NO2.C18H22ClN3O3S.C17H14ClN3O.C16H14ClN3O.C14H14ClN5O/c1-23-16-8-7-14-11-18(21-17(14)12-16)19(22)13-20(9-10-20)15-5-3-2-4-6-15;1-26(24,25)22-8-4-13(5-9-22)18(6-7-18)21-17(23)16-11-12-10-14(19)2-3-15(12)20-16;18-13-8-11-9-14(20-15(11)19-10-13)16(22)21-17(6-7-17)12-4-2-1-3-5-12;1-10(11-5-3-2-4-6-11)19-16(21)14-8-12-7-13(17)9-18-15(12)20-14;1-8(10-5-17-20(2)7-10)18-14(21)12-4-9-3-11(15)6-16-13(9)19-12/h2-8,11-12,21H,9-10,13H2,1H3;2-3,10-11,13,20H,4-9H2,1H3,(H,21,23);1-5,8-10H,6-7H2,(H,19,20)(H,21,22);2-10H,1H3,(H,18,20)(H,19,21);3-8H,1-2H3,(H,16,19)(H,18,21)/t;;;10-;/m...1./s1. The highest BCUT2D eigenvalue weighted by atomic mass is 35.5. The molecule has 0 bridgehead atoms. The minimum Gasteiger partial charge on any atom is -0.497 e. The highest BCUT2D eigenvalue weighted by molar-refractivity contribution is 7.88. The van der Waals surface area contributed by atoms with Crippen molar-refractivity contribution in [2.45, 2.75) is 100 Å².